The summed E-state index contributed by atoms with van der Waals surface area (Å²) in [5, 5.41) is 0. The van der Waals surface area contributed by atoms with Gasteiger partial charge in [0.25, 0.3) is 0 Å². The molecule has 0 saturated carbocycles. The van der Waals surface area contributed by atoms with Crippen LogP contribution in [0.25, 0.3) is 6.08 Å². The highest BCUT2D eigenvalue weighted by Gasteiger charge is 1.96. The van der Waals surface area contributed by atoms with Gasteiger partial charge >= 0.3 is 0 Å². The van der Waals surface area contributed by atoms with Crippen LogP contribution in [0.3, 0.4) is 0 Å². The van der Waals surface area contributed by atoms with Crippen LogP contribution in [-0.4, -0.2) is 17.1 Å². The summed E-state index contributed by atoms with van der Waals surface area (Å²) in [6, 6.07) is 8.17. The zero-order valence-corrected chi connectivity index (χ0v) is 7.92. The van der Waals surface area contributed by atoms with Crippen LogP contribution in [0.15, 0.2) is 30.8 Å². The van der Waals surface area contributed by atoms with Gasteiger partial charge in [0.2, 0.25) is 10.5 Å². The molecule has 0 aliphatic carbocycles. The third-order valence-electron chi connectivity index (χ3n) is 1.75. The van der Waals surface area contributed by atoms with Crippen molar-refractivity contribution >= 4 is 16.6 Å². The van der Waals surface area contributed by atoms with Crippen LogP contribution < -0.4 is 0 Å². The first-order valence-corrected chi connectivity index (χ1v) is 4.28. The van der Waals surface area contributed by atoms with Gasteiger partial charge in [0, 0.05) is 6.61 Å². The Labute approximate surface area is 76.6 Å². The summed E-state index contributed by atoms with van der Waals surface area (Å²) in [4.78, 5) is 0. The Balaban J connectivity index is 2.75. The van der Waals surface area contributed by atoms with E-state index in [1.165, 1.54) is 11.1 Å². The molecule has 0 fully saturated rings. The van der Waals surface area contributed by atoms with Gasteiger partial charge in [0.05, 0.1) is 0 Å². The Morgan fingerprint density at radius 2 is 2.17 bits per heavy atom. The summed E-state index contributed by atoms with van der Waals surface area (Å²) in [6.45, 7) is 4.43. The molecule has 12 heavy (non-hydrogen) atoms. The molecule has 1 aromatic carbocycles. The predicted molar refractivity (Wildman–Crippen MR) is 51.9 cm³/mol. The molecule has 0 amide bonds. The summed E-state index contributed by atoms with van der Waals surface area (Å²) in [5.74, 6) is 0. The molecular weight excluding hydrogens is 164 g/mol. The molecule has 2 heteroatoms. The standard InChI is InChI=1S/C10H11OSi/c1-2-9-5-3-4-6-10(9)7-8-11-12/h2-6H,1,7-8H2. The van der Waals surface area contributed by atoms with Crippen molar-refractivity contribution in [1.29, 1.82) is 0 Å². The number of benzene rings is 1. The van der Waals surface area contributed by atoms with Gasteiger partial charge < -0.3 is 4.43 Å². The summed E-state index contributed by atoms with van der Waals surface area (Å²) in [6.07, 6.45) is 2.77. The normalized spacial score (nSPS) is 9.75. The lowest BCUT2D eigenvalue weighted by atomic mass is 10.1. The molecule has 3 radical (unpaired) electrons. The maximum absolute atomic E-state index is 4.82. The lowest BCUT2D eigenvalue weighted by molar-refractivity contribution is 0.354. The highest BCUT2D eigenvalue weighted by atomic mass is 28.2. The van der Waals surface area contributed by atoms with E-state index < -0.39 is 0 Å². The smallest absolute Gasteiger partial charge is 0.246 e. The van der Waals surface area contributed by atoms with E-state index in [1.54, 1.807) is 0 Å². The summed E-state index contributed by atoms with van der Waals surface area (Å²) in [7, 11) is 2.97. The Morgan fingerprint density at radius 1 is 1.42 bits per heavy atom. The minimum Gasteiger partial charge on any atom is -0.418 e. The summed E-state index contributed by atoms with van der Waals surface area (Å²) in [5.41, 5.74) is 2.45. The molecule has 1 rings (SSSR count). The van der Waals surface area contributed by atoms with Crippen molar-refractivity contribution in [3.8, 4) is 0 Å². The van der Waals surface area contributed by atoms with Crippen LogP contribution in [0.1, 0.15) is 11.1 Å². The molecule has 61 valence electrons. The second kappa shape index (κ2) is 4.90. The van der Waals surface area contributed by atoms with E-state index in [4.69, 9.17) is 4.43 Å². The fraction of sp³-hybridized carbons (Fsp3) is 0.200. The Kier molecular flexibility index (Phi) is 3.77. The van der Waals surface area contributed by atoms with Gasteiger partial charge in [0.1, 0.15) is 0 Å². The minimum atomic E-state index is 0.682. The largest absolute Gasteiger partial charge is 0.418 e. The fourth-order valence-electron chi connectivity index (χ4n) is 1.12. The quantitative estimate of drug-likeness (QED) is 0.636. The molecule has 0 heterocycles. The van der Waals surface area contributed by atoms with Gasteiger partial charge in [-0.15, -0.1) is 0 Å². The zero-order valence-electron chi connectivity index (χ0n) is 6.92. The second-order valence-electron chi connectivity index (χ2n) is 2.50. The topological polar surface area (TPSA) is 9.23 Å². The van der Waals surface area contributed by atoms with Gasteiger partial charge in [0.15, 0.2) is 0 Å². The predicted octanol–water partition coefficient (Wildman–Crippen LogP) is 1.97. The first-order chi connectivity index (χ1) is 5.88. The van der Waals surface area contributed by atoms with Crippen molar-refractivity contribution < 1.29 is 4.43 Å². The Hall–Kier alpha value is -0.863. The van der Waals surface area contributed by atoms with E-state index >= 15 is 0 Å². The van der Waals surface area contributed by atoms with Crippen molar-refractivity contribution in [3.05, 3.63) is 42.0 Å². The van der Waals surface area contributed by atoms with Gasteiger partial charge in [-0.3, -0.25) is 0 Å². The first kappa shape index (κ1) is 9.23. The molecule has 0 aliphatic rings. The van der Waals surface area contributed by atoms with Crippen LogP contribution in [0.4, 0.5) is 0 Å². The molecule has 0 spiro atoms. The highest BCUT2D eigenvalue weighted by Crippen LogP contribution is 2.10. The minimum absolute atomic E-state index is 0.682. The number of hydrogen-bond donors (Lipinski definition) is 0. The molecular formula is C10H11OSi. The van der Waals surface area contributed by atoms with Crippen LogP contribution in [0, 0.1) is 0 Å². The van der Waals surface area contributed by atoms with Crippen LogP contribution in [0.2, 0.25) is 0 Å². The summed E-state index contributed by atoms with van der Waals surface area (Å²) >= 11 is 0. The van der Waals surface area contributed by atoms with Crippen molar-refractivity contribution in [2.45, 2.75) is 6.42 Å². The lowest BCUT2D eigenvalue weighted by Crippen LogP contribution is -1.96. The first-order valence-electron chi connectivity index (χ1n) is 3.87. The Morgan fingerprint density at radius 3 is 2.83 bits per heavy atom. The maximum atomic E-state index is 4.82. The van der Waals surface area contributed by atoms with Crippen LogP contribution in [0.5, 0.6) is 0 Å². The van der Waals surface area contributed by atoms with Gasteiger partial charge in [-0.2, -0.15) is 0 Å². The van der Waals surface area contributed by atoms with Crippen molar-refractivity contribution in [2.75, 3.05) is 6.61 Å². The van der Waals surface area contributed by atoms with E-state index in [1.807, 2.05) is 18.2 Å². The third-order valence-corrected chi connectivity index (χ3v) is 1.95. The third kappa shape index (κ3) is 2.32. The molecule has 0 aromatic heterocycles. The van der Waals surface area contributed by atoms with Gasteiger partial charge in [-0.25, -0.2) is 0 Å². The molecule has 0 atom stereocenters. The number of hydrogen-bond acceptors (Lipinski definition) is 1. The average molecular weight is 175 g/mol. The summed E-state index contributed by atoms with van der Waals surface area (Å²) < 4.78 is 4.82. The van der Waals surface area contributed by atoms with Crippen molar-refractivity contribution in [1.82, 2.24) is 0 Å². The molecule has 0 N–H and O–H groups in total. The zero-order chi connectivity index (χ0) is 8.81. The average Bonchev–Trinajstić information content (AvgIpc) is 2.15. The number of rotatable bonds is 4. The van der Waals surface area contributed by atoms with E-state index in [0.29, 0.717) is 6.61 Å². The molecule has 0 aliphatic heterocycles. The molecule has 1 aromatic rings. The van der Waals surface area contributed by atoms with Gasteiger partial charge in [-0.1, -0.05) is 36.9 Å². The van der Waals surface area contributed by atoms with E-state index in [0.717, 1.165) is 6.42 Å². The maximum Gasteiger partial charge on any atom is 0.246 e. The van der Waals surface area contributed by atoms with E-state index in [9.17, 15) is 0 Å². The van der Waals surface area contributed by atoms with Crippen LogP contribution in [-0.2, 0) is 10.8 Å². The highest BCUT2D eigenvalue weighted by molar-refractivity contribution is 5.97. The SMILES string of the molecule is C=Cc1ccccc1CCO[Si]. The fourth-order valence-corrected chi connectivity index (χ4v) is 1.22. The van der Waals surface area contributed by atoms with Crippen LogP contribution >= 0.6 is 0 Å². The molecule has 0 saturated heterocycles. The second-order valence-corrected chi connectivity index (χ2v) is 2.79. The molecule has 0 unspecified atom stereocenters. The molecule has 1 nitrogen and oxygen atoms in total. The molecule has 0 bridgehead atoms. The van der Waals surface area contributed by atoms with Crippen molar-refractivity contribution in [2.24, 2.45) is 0 Å². The Bertz CT molecular complexity index is 258. The lowest BCUT2D eigenvalue weighted by Gasteiger charge is -2.03. The van der Waals surface area contributed by atoms with Gasteiger partial charge in [-0.05, 0) is 17.5 Å². The van der Waals surface area contributed by atoms with E-state index in [-0.39, 0.29) is 0 Å². The van der Waals surface area contributed by atoms with E-state index in [2.05, 4.69) is 29.2 Å². The monoisotopic (exact) mass is 175 g/mol. The van der Waals surface area contributed by atoms with Crippen molar-refractivity contribution in [3.63, 3.8) is 0 Å².